The molecule has 2 rings (SSSR count). The first-order valence-electron chi connectivity index (χ1n) is 7.84. The van der Waals surface area contributed by atoms with E-state index >= 15 is 0 Å². The molecule has 2 aromatic rings. The molecule has 5 heteroatoms. The number of nitrogens with one attached hydrogen (secondary N) is 1. The predicted molar refractivity (Wildman–Crippen MR) is 88.9 cm³/mol. The van der Waals surface area contributed by atoms with Crippen molar-refractivity contribution in [1.29, 1.82) is 0 Å². The first kappa shape index (κ1) is 18.3. The van der Waals surface area contributed by atoms with Crippen LogP contribution < -0.4 is 10.1 Å². The minimum Gasteiger partial charge on any atom is -0.497 e. The summed E-state index contributed by atoms with van der Waals surface area (Å²) in [6.07, 6.45) is -4.32. The monoisotopic (exact) mass is 337 g/mol. The van der Waals surface area contributed by atoms with E-state index in [9.17, 15) is 13.2 Å². The predicted octanol–water partition coefficient (Wildman–Crippen LogP) is 5.20. The summed E-state index contributed by atoms with van der Waals surface area (Å²) in [5.41, 5.74) is 1.08. The van der Waals surface area contributed by atoms with Gasteiger partial charge in [-0.25, -0.2) is 0 Å². The number of halogens is 3. The molecule has 2 aromatic carbocycles. The van der Waals surface area contributed by atoms with E-state index in [1.165, 1.54) is 12.1 Å². The number of rotatable bonds is 6. The Bertz CT molecular complexity index is 650. The second-order valence-corrected chi connectivity index (χ2v) is 6.07. The molecule has 0 fully saturated rings. The van der Waals surface area contributed by atoms with Crippen LogP contribution in [0, 0.1) is 5.92 Å². The van der Waals surface area contributed by atoms with Gasteiger partial charge < -0.3 is 10.1 Å². The van der Waals surface area contributed by atoms with Crippen LogP contribution in [0.3, 0.4) is 0 Å². The standard InChI is InChI=1S/C19H22F3NO/c1-13(2)18(15-7-9-17(24-3)10-8-15)23-12-14-5-4-6-16(11-14)19(20,21)22/h4-11,13,18,23H,12H2,1-3H3. The van der Waals surface area contributed by atoms with Gasteiger partial charge >= 0.3 is 6.18 Å². The molecule has 0 saturated heterocycles. The summed E-state index contributed by atoms with van der Waals surface area (Å²) in [6, 6.07) is 13.2. The first-order valence-corrected chi connectivity index (χ1v) is 7.84. The lowest BCUT2D eigenvalue weighted by Gasteiger charge is -2.23. The van der Waals surface area contributed by atoms with Crippen molar-refractivity contribution in [2.45, 2.75) is 32.6 Å². The van der Waals surface area contributed by atoms with Crippen LogP contribution in [0.4, 0.5) is 13.2 Å². The third-order valence-electron chi connectivity index (χ3n) is 3.92. The zero-order valence-electron chi connectivity index (χ0n) is 14.0. The quantitative estimate of drug-likeness (QED) is 0.782. The summed E-state index contributed by atoms with van der Waals surface area (Å²) < 4.78 is 43.6. The SMILES string of the molecule is COc1ccc(C(NCc2cccc(C(F)(F)F)c2)C(C)C)cc1. The van der Waals surface area contributed by atoms with Crippen LogP contribution in [0.1, 0.15) is 36.6 Å². The summed E-state index contributed by atoms with van der Waals surface area (Å²) >= 11 is 0. The Balaban J connectivity index is 2.11. The number of alkyl halides is 3. The van der Waals surface area contributed by atoms with Gasteiger partial charge in [-0.3, -0.25) is 0 Å². The van der Waals surface area contributed by atoms with Gasteiger partial charge in [-0.05, 0) is 35.2 Å². The maximum absolute atomic E-state index is 12.8. The fourth-order valence-corrected chi connectivity index (χ4v) is 2.64. The molecule has 0 amide bonds. The van der Waals surface area contributed by atoms with Crippen molar-refractivity contribution in [2.24, 2.45) is 5.92 Å². The highest BCUT2D eigenvalue weighted by Crippen LogP contribution is 2.30. The van der Waals surface area contributed by atoms with Crippen molar-refractivity contribution < 1.29 is 17.9 Å². The minimum atomic E-state index is -4.32. The van der Waals surface area contributed by atoms with Crippen molar-refractivity contribution in [3.8, 4) is 5.75 Å². The lowest BCUT2D eigenvalue weighted by atomic mass is 9.95. The molecule has 0 aromatic heterocycles. The highest BCUT2D eigenvalue weighted by Gasteiger charge is 2.30. The van der Waals surface area contributed by atoms with Crippen molar-refractivity contribution in [3.63, 3.8) is 0 Å². The number of ether oxygens (including phenoxy) is 1. The molecule has 0 heterocycles. The molecule has 1 N–H and O–H groups in total. The largest absolute Gasteiger partial charge is 0.497 e. The van der Waals surface area contributed by atoms with E-state index in [1.54, 1.807) is 13.2 Å². The Morgan fingerprint density at radius 1 is 1.04 bits per heavy atom. The maximum Gasteiger partial charge on any atom is 0.416 e. The van der Waals surface area contributed by atoms with Crippen molar-refractivity contribution in [2.75, 3.05) is 7.11 Å². The third-order valence-corrected chi connectivity index (χ3v) is 3.92. The molecule has 0 aliphatic carbocycles. The molecule has 2 nitrogen and oxygen atoms in total. The third kappa shape index (κ3) is 4.74. The Kier molecular flexibility index (Phi) is 5.89. The van der Waals surface area contributed by atoms with Gasteiger partial charge in [-0.2, -0.15) is 13.2 Å². The maximum atomic E-state index is 12.8. The Morgan fingerprint density at radius 3 is 2.25 bits per heavy atom. The van der Waals surface area contributed by atoms with E-state index in [1.807, 2.05) is 24.3 Å². The van der Waals surface area contributed by atoms with Crippen LogP contribution in [0.25, 0.3) is 0 Å². The molecule has 0 radical (unpaired) electrons. The van der Waals surface area contributed by atoms with Crippen LogP contribution in [0.5, 0.6) is 5.75 Å². The zero-order chi connectivity index (χ0) is 17.7. The Morgan fingerprint density at radius 2 is 1.71 bits per heavy atom. The molecule has 0 bridgehead atoms. The van der Waals surface area contributed by atoms with E-state index < -0.39 is 11.7 Å². The topological polar surface area (TPSA) is 21.3 Å². The summed E-state index contributed by atoms with van der Waals surface area (Å²) in [5, 5.41) is 3.36. The van der Waals surface area contributed by atoms with E-state index in [0.29, 0.717) is 18.0 Å². The van der Waals surface area contributed by atoms with Gasteiger partial charge in [-0.15, -0.1) is 0 Å². The smallest absolute Gasteiger partial charge is 0.416 e. The molecule has 24 heavy (non-hydrogen) atoms. The Labute approximate surface area is 140 Å². The fourth-order valence-electron chi connectivity index (χ4n) is 2.64. The van der Waals surface area contributed by atoms with Crippen LogP contribution in [-0.2, 0) is 12.7 Å². The van der Waals surface area contributed by atoms with Gasteiger partial charge in [0, 0.05) is 12.6 Å². The normalized spacial score (nSPS) is 13.1. The average Bonchev–Trinajstić information content (AvgIpc) is 2.55. The van der Waals surface area contributed by atoms with Crippen molar-refractivity contribution >= 4 is 0 Å². The number of hydrogen-bond donors (Lipinski definition) is 1. The van der Waals surface area contributed by atoms with Gasteiger partial charge in [0.1, 0.15) is 5.75 Å². The summed E-state index contributed by atoms with van der Waals surface area (Å²) in [7, 11) is 1.61. The van der Waals surface area contributed by atoms with E-state index in [-0.39, 0.29) is 6.04 Å². The van der Waals surface area contributed by atoms with Gasteiger partial charge in [0.25, 0.3) is 0 Å². The van der Waals surface area contributed by atoms with Gasteiger partial charge in [-0.1, -0.05) is 44.2 Å². The highest BCUT2D eigenvalue weighted by atomic mass is 19.4. The van der Waals surface area contributed by atoms with Gasteiger partial charge in [0.05, 0.1) is 12.7 Å². The fraction of sp³-hybridized carbons (Fsp3) is 0.368. The van der Waals surface area contributed by atoms with Crippen molar-refractivity contribution in [1.82, 2.24) is 5.32 Å². The lowest BCUT2D eigenvalue weighted by Crippen LogP contribution is -2.25. The number of benzene rings is 2. The van der Waals surface area contributed by atoms with E-state index in [2.05, 4.69) is 19.2 Å². The molecular weight excluding hydrogens is 315 g/mol. The highest BCUT2D eigenvalue weighted by molar-refractivity contribution is 5.30. The minimum absolute atomic E-state index is 0.0467. The second kappa shape index (κ2) is 7.71. The summed E-state index contributed by atoms with van der Waals surface area (Å²) in [6.45, 7) is 4.53. The molecular formula is C19H22F3NO. The van der Waals surface area contributed by atoms with Crippen LogP contribution in [0.15, 0.2) is 48.5 Å². The molecule has 0 aliphatic rings. The van der Waals surface area contributed by atoms with Crippen LogP contribution in [0.2, 0.25) is 0 Å². The first-order chi connectivity index (χ1) is 11.3. The van der Waals surface area contributed by atoms with Gasteiger partial charge in [0.2, 0.25) is 0 Å². The molecule has 0 saturated carbocycles. The summed E-state index contributed by atoms with van der Waals surface area (Å²) in [4.78, 5) is 0. The lowest BCUT2D eigenvalue weighted by molar-refractivity contribution is -0.137. The molecule has 1 atom stereocenters. The second-order valence-electron chi connectivity index (χ2n) is 6.07. The molecule has 1 unspecified atom stereocenters. The van der Waals surface area contributed by atoms with Crippen molar-refractivity contribution in [3.05, 3.63) is 65.2 Å². The molecule has 0 aliphatic heterocycles. The van der Waals surface area contributed by atoms with Crippen LogP contribution in [-0.4, -0.2) is 7.11 Å². The average molecular weight is 337 g/mol. The summed E-state index contributed by atoms with van der Waals surface area (Å²) in [5.74, 6) is 1.07. The van der Waals surface area contributed by atoms with Gasteiger partial charge in [0.15, 0.2) is 0 Å². The molecule has 130 valence electrons. The van der Waals surface area contributed by atoms with E-state index in [0.717, 1.165) is 17.4 Å². The zero-order valence-corrected chi connectivity index (χ0v) is 14.0. The van der Waals surface area contributed by atoms with E-state index in [4.69, 9.17) is 4.74 Å². The molecule has 0 spiro atoms. The number of hydrogen-bond acceptors (Lipinski definition) is 2. The van der Waals surface area contributed by atoms with Crippen LogP contribution >= 0.6 is 0 Å². The Hall–Kier alpha value is -2.01. The number of methoxy groups -OCH3 is 1.